The summed E-state index contributed by atoms with van der Waals surface area (Å²) in [4.78, 5) is 2.00. The highest BCUT2D eigenvalue weighted by atomic mass is 19.1. The first-order chi connectivity index (χ1) is 8.56. The number of aliphatic hydroxyl groups excluding tert-OH is 1. The maximum absolute atomic E-state index is 13.8. The van der Waals surface area contributed by atoms with Crippen LogP contribution >= 0.6 is 0 Å². The summed E-state index contributed by atoms with van der Waals surface area (Å²) >= 11 is 0. The Morgan fingerprint density at radius 2 is 1.94 bits per heavy atom. The van der Waals surface area contributed by atoms with Crippen molar-refractivity contribution in [2.45, 2.75) is 33.6 Å². The molecule has 0 spiro atoms. The molecule has 1 unspecified atom stereocenters. The summed E-state index contributed by atoms with van der Waals surface area (Å²) in [6, 6.07) is 6.82. The second-order valence-electron chi connectivity index (χ2n) is 5.18. The van der Waals surface area contributed by atoms with Crippen LogP contribution < -0.4 is 4.90 Å². The highest BCUT2D eigenvalue weighted by molar-refractivity contribution is 5.47. The third-order valence-electron chi connectivity index (χ3n) is 3.38. The summed E-state index contributed by atoms with van der Waals surface area (Å²) < 4.78 is 13.8. The highest BCUT2D eigenvalue weighted by Gasteiger charge is 2.26. The zero-order chi connectivity index (χ0) is 13.6. The Morgan fingerprint density at radius 1 is 1.28 bits per heavy atom. The smallest absolute Gasteiger partial charge is 0.146 e. The maximum atomic E-state index is 13.8. The van der Waals surface area contributed by atoms with Crippen LogP contribution in [0, 0.1) is 11.2 Å². The molecule has 18 heavy (non-hydrogen) atoms. The fourth-order valence-corrected chi connectivity index (χ4v) is 2.35. The van der Waals surface area contributed by atoms with Crippen molar-refractivity contribution < 1.29 is 9.50 Å². The predicted octanol–water partition coefficient (Wildman–Crippen LogP) is 3.45. The molecular formula is C15H24FNO. The summed E-state index contributed by atoms with van der Waals surface area (Å²) in [6.45, 7) is 7.71. The highest BCUT2D eigenvalue weighted by Crippen LogP contribution is 2.28. The van der Waals surface area contributed by atoms with Gasteiger partial charge < -0.3 is 10.0 Å². The van der Waals surface area contributed by atoms with Crippen molar-refractivity contribution in [1.29, 1.82) is 0 Å². The third-order valence-corrected chi connectivity index (χ3v) is 3.38. The third kappa shape index (κ3) is 3.70. The number of hydrogen-bond acceptors (Lipinski definition) is 2. The van der Waals surface area contributed by atoms with Gasteiger partial charge in [0.2, 0.25) is 0 Å². The molecule has 0 saturated carbocycles. The van der Waals surface area contributed by atoms with Crippen LogP contribution in [0.3, 0.4) is 0 Å². The van der Waals surface area contributed by atoms with Crippen molar-refractivity contribution in [3.63, 3.8) is 0 Å². The Balaban J connectivity index is 2.88. The first kappa shape index (κ1) is 15.0. The summed E-state index contributed by atoms with van der Waals surface area (Å²) in [5.41, 5.74) is 0.448. The van der Waals surface area contributed by atoms with Gasteiger partial charge in [0.15, 0.2) is 0 Å². The van der Waals surface area contributed by atoms with E-state index in [9.17, 15) is 9.50 Å². The van der Waals surface area contributed by atoms with Crippen molar-refractivity contribution in [1.82, 2.24) is 0 Å². The SMILES string of the molecule is CCCC(C)(CO)CN(CC)c1ccccc1F. The lowest BCUT2D eigenvalue weighted by atomic mass is 9.86. The molecule has 0 aromatic heterocycles. The molecule has 0 amide bonds. The van der Waals surface area contributed by atoms with E-state index >= 15 is 0 Å². The van der Waals surface area contributed by atoms with Crippen LogP contribution in [-0.2, 0) is 0 Å². The molecule has 0 radical (unpaired) electrons. The number of nitrogens with zero attached hydrogens (tertiary/aromatic N) is 1. The number of halogens is 1. The van der Waals surface area contributed by atoms with Crippen molar-refractivity contribution in [3.8, 4) is 0 Å². The van der Waals surface area contributed by atoms with Gasteiger partial charge in [0.25, 0.3) is 0 Å². The maximum Gasteiger partial charge on any atom is 0.146 e. The van der Waals surface area contributed by atoms with Gasteiger partial charge in [-0.3, -0.25) is 0 Å². The zero-order valence-corrected chi connectivity index (χ0v) is 11.6. The minimum absolute atomic E-state index is 0.131. The Morgan fingerprint density at radius 3 is 2.44 bits per heavy atom. The second kappa shape index (κ2) is 6.74. The largest absolute Gasteiger partial charge is 0.396 e. The van der Waals surface area contributed by atoms with Crippen LogP contribution in [0.15, 0.2) is 24.3 Å². The Bertz CT molecular complexity index is 369. The first-order valence-electron chi connectivity index (χ1n) is 6.66. The van der Waals surface area contributed by atoms with Gasteiger partial charge >= 0.3 is 0 Å². The molecular weight excluding hydrogens is 229 g/mol. The topological polar surface area (TPSA) is 23.5 Å². The van der Waals surface area contributed by atoms with Crippen molar-refractivity contribution in [3.05, 3.63) is 30.1 Å². The van der Waals surface area contributed by atoms with Crippen LogP contribution in [0.25, 0.3) is 0 Å². The van der Waals surface area contributed by atoms with E-state index in [1.54, 1.807) is 12.1 Å². The summed E-state index contributed by atoms with van der Waals surface area (Å²) in [6.07, 6.45) is 1.96. The quantitative estimate of drug-likeness (QED) is 0.804. The van der Waals surface area contributed by atoms with E-state index in [-0.39, 0.29) is 17.8 Å². The molecule has 1 aromatic rings. The number of rotatable bonds is 7. The van der Waals surface area contributed by atoms with E-state index in [2.05, 4.69) is 13.8 Å². The van der Waals surface area contributed by atoms with Gasteiger partial charge in [0, 0.05) is 18.5 Å². The number of hydrogen-bond donors (Lipinski definition) is 1. The van der Waals surface area contributed by atoms with Gasteiger partial charge in [-0.2, -0.15) is 0 Å². The van der Waals surface area contributed by atoms with E-state index in [1.807, 2.05) is 17.9 Å². The van der Waals surface area contributed by atoms with Crippen molar-refractivity contribution in [2.24, 2.45) is 5.41 Å². The molecule has 0 aliphatic carbocycles. The minimum atomic E-state index is -0.198. The van der Waals surface area contributed by atoms with E-state index in [1.165, 1.54) is 6.07 Å². The number of anilines is 1. The molecule has 1 rings (SSSR count). The molecule has 0 bridgehead atoms. The minimum Gasteiger partial charge on any atom is -0.396 e. The molecule has 102 valence electrons. The molecule has 0 heterocycles. The summed E-state index contributed by atoms with van der Waals surface area (Å²) in [7, 11) is 0. The molecule has 0 aliphatic rings. The second-order valence-corrected chi connectivity index (χ2v) is 5.18. The van der Waals surface area contributed by atoms with Gasteiger partial charge in [-0.1, -0.05) is 32.4 Å². The Labute approximate surface area is 109 Å². The van der Waals surface area contributed by atoms with Crippen LogP contribution in [0.5, 0.6) is 0 Å². The fourth-order valence-electron chi connectivity index (χ4n) is 2.35. The average Bonchev–Trinajstić information content (AvgIpc) is 2.37. The van der Waals surface area contributed by atoms with E-state index in [0.29, 0.717) is 12.2 Å². The molecule has 0 fully saturated rings. The summed E-state index contributed by atoms with van der Waals surface area (Å²) in [5, 5.41) is 9.56. The van der Waals surface area contributed by atoms with Crippen LogP contribution in [0.4, 0.5) is 10.1 Å². The number of benzene rings is 1. The lowest BCUT2D eigenvalue weighted by Crippen LogP contribution is -2.38. The van der Waals surface area contributed by atoms with Gasteiger partial charge in [0.05, 0.1) is 12.3 Å². The molecule has 0 saturated heterocycles. The van der Waals surface area contributed by atoms with Crippen molar-refractivity contribution >= 4 is 5.69 Å². The Hall–Kier alpha value is -1.09. The molecule has 1 N–H and O–H groups in total. The Kier molecular flexibility index (Phi) is 5.60. The van der Waals surface area contributed by atoms with E-state index < -0.39 is 0 Å². The normalized spacial score (nSPS) is 14.3. The zero-order valence-electron chi connectivity index (χ0n) is 11.6. The van der Waals surface area contributed by atoms with Gasteiger partial charge in [0.1, 0.15) is 5.82 Å². The van der Waals surface area contributed by atoms with Crippen LogP contribution in [-0.4, -0.2) is 24.8 Å². The lowest BCUT2D eigenvalue weighted by Gasteiger charge is -2.35. The molecule has 1 aromatic carbocycles. The standard InChI is InChI=1S/C15H24FNO/c1-4-10-15(3,12-18)11-17(5-2)14-9-7-6-8-13(14)16/h6-9,18H,4-5,10-12H2,1-3H3. The summed E-state index contributed by atoms with van der Waals surface area (Å²) in [5.74, 6) is -0.198. The number of para-hydroxylation sites is 1. The van der Waals surface area contributed by atoms with Gasteiger partial charge in [-0.05, 0) is 25.5 Å². The lowest BCUT2D eigenvalue weighted by molar-refractivity contribution is 0.136. The average molecular weight is 253 g/mol. The number of aliphatic hydroxyl groups is 1. The molecule has 2 nitrogen and oxygen atoms in total. The predicted molar refractivity (Wildman–Crippen MR) is 74.4 cm³/mol. The van der Waals surface area contributed by atoms with Crippen molar-refractivity contribution in [2.75, 3.05) is 24.6 Å². The molecule has 1 atom stereocenters. The molecule has 3 heteroatoms. The monoisotopic (exact) mass is 253 g/mol. The van der Waals surface area contributed by atoms with Gasteiger partial charge in [-0.25, -0.2) is 4.39 Å². The van der Waals surface area contributed by atoms with Gasteiger partial charge in [-0.15, -0.1) is 0 Å². The van der Waals surface area contributed by atoms with Crippen LogP contribution in [0.1, 0.15) is 33.6 Å². The first-order valence-corrected chi connectivity index (χ1v) is 6.66. The van der Waals surface area contributed by atoms with E-state index in [4.69, 9.17) is 0 Å². The van der Waals surface area contributed by atoms with Crippen LogP contribution in [0.2, 0.25) is 0 Å². The fraction of sp³-hybridized carbons (Fsp3) is 0.600. The molecule has 0 aliphatic heterocycles. The van der Waals surface area contributed by atoms with E-state index in [0.717, 1.165) is 19.4 Å².